The lowest BCUT2D eigenvalue weighted by molar-refractivity contribution is 1.04. The molecule has 2 heterocycles. The fraction of sp³-hybridized carbons (Fsp3) is 0.250. The van der Waals surface area contributed by atoms with Crippen molar-refractivity contribution in [3.8, 4) is 0 Å². The first kappa shape index (κ1) is 9.48. The monoisotopic (exact) mass is 228 g/mol. The Morgan fingerprint density at radius 2 is 2.50 bits per heavy atom. The van der Waals surface area contributed by atoms with Crippen LogP contribution in [-0.2, 0) is 6.54 Å². The van der Waals surface area contributed by atoms with Crippen molar-refractivity contribution < 1.29 is 0 Å². The second-order valence-corrected chi connectivity index (χ2v) is 4.09. The summed E-state index contributed by atoms with van der Waals surface area (Å²) >= 11 is 7.19. The van der Waals surface area contributed by atoms with Crippen LogP contribution in [-0.4, -0.2) is 15.2 Å². The van der Waals surface area contributed by atoms with Gasteiger partial charge < -0.3 is 5.32 Å². The molecule has 0 saturated carbocycles. The van der Waals surface area contributed by atoms with E-state index in [1.165, 1.54) is 11.3 Å². The van der Waals surface area contributed by atoms with E-state index >= 15 is 0 Å². The van der Waals surface area contributed by atoms with Gasteiger partial charge in [-0.2, -0.15) is 5.10 Å². The van der Waals surface area contributed by atoms with Gasteiger partial charge in [0.25, 0.3) is 0 Å². The maximum absolute atomic E-state index is 5.69. The zero-order chi connectivity index (χ0) is 9.97. The van der Waals surface area contributed by atoms with Crippen LogP contribution in [0.15, 0.2) is 11.6 Å². The van der Waals surface area contributed by atoms with Crippen LogP contribution in [0.5, 0.6) is 0 Å². The quantitative estimate of drug-likeness (QED) is 0.849. The lowest BCUT2D eigenvalue weighted by Gasteiger charge is -1.99. The summed E-state index contributed by atoms with van der Waals surface area (Å²) in [5.74, 6) is 0. The van der Waals surface area contributed by atoms with E-state index < -0.39 is 0 Å². The Hall–Kier alpha value is -1.07. The average Bonchev–Trinajstić information content (AvgIpc) is 2.72. The largest absolute Gasteiger partial charge is 0.357 e. The summed E-state index contributed by atoms with van der Waals surface area (Å²) in [6.45, 7) is 2.70. The standard InChI is InChI=1S/C8H9ClN4S/c1-5-6(3-11-13-5)2-10-8-12-7(9)4-14-8/h3-4H,2H2,1H3,(H,10,12)(H,11,13). The Morgan fingerprint density at radius 3 is 3.07 bits per heavy atom. The molecule has 0 spiro atoms. The fourth-order valence-corrected chi connectivity index (χ4v) is 1.90. The van der Waals surface area contributed by atoms with Crippen LogP contribution in [0.4, 0.5) is 5.13 Å². The van der Waals surface area contributed by atoms with E-state index in [4.69, 9.17) is 11.6 Å². The fourth-order valence-electron chi connectivity index (χ4n) is 1.06. The summed E-state index contributed by atoms with van der Waals surface area (Å²) in [6, 6.07) is 0. The van der Waals surface area contributed by atoms with Crippen molar-refractivity contribution in [2.24, 2.45) is 0 Å². The zero-order valence-corrected chi connectivity index (χ0v) is 9.11. The summed E-state index contributed by atoms with van der Waals surface area (Å²) in [6.07, 6.45) is 1.80. The van der Waals surface area contributed by atoms with Gasteiger partial charge in [0.05, 0.1) is 6.20 Å². The molecule has 0 atom stereocenters. The number of nitrogens with zero attached hydrogens (tertiary/aromatic N) is 2. The molecule has 0 saturated heterocycles. The summed E-state index contributed by atoms with van der Waals surface area (Å²) in [4.78, 5) is 4.08. The number of halogens is 1. The molecule has 0 unspecified atom stereocenters. The van der Waals surface area contributed by atoms with Crippen molar-refractivity contribution in [3.63, 3.8) is 0 Å². The van der Waals surface area contributed by atoms with Crippen LogP contribution < -0.4 is 5.32 Å². The number of nitrogens with one attached hydrogen (secondary N) is 2. The van der Waals surface area contributed by atoms with Gasteiger partial charge in [0.15, 0.2) is 5.13 Å². The van der Waals surface area contributed by atoms with Crippen molar-refractivity contribution in [3.05, 3.63) is 28.0 Å². The molecule has 0 amide bonds. The maximum atomic E-state index is 5.69. The van der Waals surface area contributed by atoms with Crippen LogP contribution in [0.2, 0.25) is 5.15 Å². The average molecular weight is 229 g/mol. The predicted molar refractivity (Wildman–Crippen MR) is 57.8 cm³/mol. The molecular formula is C8H9ClN4S. The molecule has 14 heavy (non-hydrogen) atoms. The van der Waals surface area contributed by atoms with Crippen LogP contribution in [0.1, 0.15) is 11.3 Å². The molecule has 2 rings (SSSR count). The minimum atomic E-state index is 0.529. The molecule has 6 heteroatoms. The number of hydrogen-bond donors (Lipinski definition) is 2. The van der Waals surface area contributed by atoms with E-state index in [2.05, 4.69) is 20.5 Å². The highest BCUT2D eigenvalue weighted by atomic mass is 35.5. The zero-order valence-electron chi connectivity index (χ0n) is 7.54. The molecule has 0 radical (unpaired) electrons. The highest BCUT2D eigenvalue weighted by Gasteiger charge is 2.02. The highest BCUT2D eigenvalue weighted by molar-refractivity contribution is 7.14. The van der Waals surface area contributed by atoms with Crippen LogP contribution in [0.3, 0.4) is 0 Å². The van der Waals surface area contributed by atoms with E-state index in [0.29, 0.717) is 11.7 Å². The molecule has 0 aliphatic carbocycles. The molecule has 0 aliphatic heterocycles. The normalized spacial score (nSPS) is 10.4. The number of aromatic nitrogens is 3. The van der Waals surface area contributed by atoms with Crippen molar-refractivity contribution in [2.45, 2.75) is 13.5 Å². The summed E-state index contributed by atoms with van der Waals surface area (Å²) in [5, 5.41) is 13.1. The minimum Gasteiger partial charge on any atom is -0.357 e. The van der Waals surface area contributed by atoms with E-state index in [-0.39, 0.29) is 0 Å². The van der Waals surface area contributed by atoms with Gasteiger partial charge in [0.1, 0.15) is 5.15 Å². The lowest BCUT2D eigenvalue weighted by Crippen LogP contribution is -1.98. The third kappa shape index (κ3) is 2.05. The summed E-state index contributed by atoms with van der Waals surface area (Å²) in [7, 11) is 0. The molecule has 0 bridgehead atoms. The number of rotatable bonds is 3. The van der Waals surface area contributed by atoms with Gasteiger partial charge in [-0.15, -0.1) is 11.3 Å². The number of aromatic amines is 1. The Balaban J connectivity index is 1.98. The van der Waals surface area contributed by atoms with E-state index in [0.717, 1.165) is 16.4 Å². The molecule has 0 aliphatic rings. The summed E-state index contributed by atoms with van der Waals surface area (Å²) in [5.41, 5.74) is 2.21. The Kier molecular flexibility index (Phi) is 2.69. The topological polar surface area (TPSA) is 53.6 Å². The van der Waals surface area contributed by atoms with Gasteiger partial charge in [0, 0.05) is 23.2 Å². The van der Waals surface area contributed by atoms with Crippen LogP contribution in [0.25, 0.3) is 0 Å². The minimum absolute atomic E-state index is 0.529. The second-order valence-electron chi connectivity index (χ2n) is 2.85. The van der Waals surface area contributed by atoms with Crippen molar-refractivity contribution in [1.82, 2.24) is 15.2 Å². The number of thiazole rings is 1. The van der Waals surface area contributed by atoms with Gasteiger partial charge in [-0.1, -0.05) is 11.6 Å². The van der Waals surface area contributed by atoms with Crippen molar-refractivity contribution >= 4 is 28.1 Å². The predicted octanol–water partition coefficient (Wildman–Crippen LogP) is 2.44. The molecular weight excluding hydrogens is 220 g/mol. The van der Waals surface area contributed by atoms with Gasteiger partial charge >= 0.3 is 0 Å². The molecule has 4 nitrogen and oxygen atoms in total. The summed E-state index contributed by atoms with van der Waals surface area (Å²) < 4.78 is 0. The van der Waals surface area contributed by atoms with Crippen molar-refractivity contribution in [1.29, 1.82) is 0 Å². The first-order chi connectivity index (χ1) is 6.75. The third-order valence-corrected chi connectivity index (χ3v) is 2.96. The lowest BCUT2D eigenvalue weighted by atomic mass is 10.3. The van der Waals surface area contributed by atoms with E-state index in [9.17, 15) is 0 Å². The van der Waals surface area contributed by atoms with Crippen molar-refractivity contribution in [2.75, 3.05) is 5.32 Å². The number of H-pyrrole nitrogens is 1. The molecule has 0 fully saturated rings. The molecule has 2 N–H and O–H groups in total. The first-order valence-electron chi connectivity index (χ1n) is 4.09. The van der Waals surface area contributed by atoms with Gasteiger partial charge in [-0.3, -0.25) is 5.10 Å². The Bertz CT molecular complexity index is 422. The molecule has 74 valence electrons. The van der Waals surface area contributed by atoms with Gasteiger partial charge in [-0.25, -0.2) is 4.98 Å². The van der Waals surface area contributed by atoms with Gasteiger partial charge in [-0.05, 0) is 6.92 Å². The Morgan fingerprint density at radius 1 is 1.64 bits per heavy atom. The third-order valence-electron chi connectivity index (χ3n) is 1.84. The first-order valence-corrected chi connectivity index (χ1v) is 5.35. The Labute approximate surface area is 90.3 Å². The van der Waals surface area contributed by atoms with Gasteiger partial charge in [0.2, 0.25) is 0 Å². The molecule has 2 aromatic rings. The molecule has 0 aromatic carbocycles. The molecule has 2 aromatic heterocycles. The number of anilines is 1. The van der Waals surface area contributed by atoms with Crippen LogP contribution in [0, 0.1) is 6.92 Å². The van der Waals surface area contributed by atoms with E-state index in [1.54, 1.807) is 11.6 Å². The smallest absolute Gasteiger partial charge is 0.184 e. The number of hydrogen-bond acceptors (Lipinski definition) is 4. The SMILES string of the molecule is Cc1[nH]ncc1CNc1nc(Cl)cs1. The van der Waals surface area contributed by atoms with Crippen LogP contribution >= 0.6 is 22.9 Å². The maximum Gasteiger partial charge on any atom is 0.184 e. The number of aryl methyl sites for hydroxylation is 1. The van der Waals surface area contributed by atoms with E-state index in [1.807, 2.05) is 6.92 Å². The highest BCUT2D eigenvalue weighted by Crippen LogP contribution is 2.19. The second kappa shape index (κ2) is 3.98.